The van der Waals surface area contributed by atoms with Crippen LogP contribution < -0.4 is 5.73 Å². The summed E-state index contributed by atoms with van der Waals surface area (Å²) in [4.78, 5) is 29.2. The molecule has 7 heteroatoms. The molecule has 5 rings (SSSR count). The number of benzene rings is 2. The fraction of sp³-hybridized carbons (Fsp3) is 0.320. The van der Waals surface area contributed by atoms with Crippen LogP contribution in [0.15, 0.2) is 54.7 Å². The number of rotatable bonds is 5. The summed E-state index contributed by atoms with van der Waals surface area (Å²) < 4.78 is 1.90. The van der Waals surface area contributed by atoms with Crippen molar-refractivity contribution >= 4 is 11.8 Å². The minimum atomic E-state index is -0.542. The summed E-state index contributed by atoms with van der Waals surface area (Å²) in [6.45, 7) is 5.28. The topological polar surface area (TPSA) is 84.5 Å². The summed E-state index contributed by atoms with van der Waals surface area (Å²) in [5.41, 5.74) is 10.5. The molecule has 3 heterocycles. The summed E-state index contributed by atoms with van der Waals surface area (Å²) in [5, 5.41) is 4.50. The number of likely N-dealkylation sites (tertiary alicyclic amines) is 1. The Hall–Kier alpha value is -3.45. The first-order chi connectivity index (χ1) is 15.5. The molecule has 1 saturated heterocycles. The number of nitrogens with two attached hydrogens (primary N) is 1. The van der Waals surface area contributed by atoms with Crippen LogP contribution in [0.4, 0.5) is 0 Å². The van der Waals surface area contributed by atoms with Gasteiger partial charge in [0.15, 0.2) is 0 Å². The fourth-order valence-corrected chi connectivity index (χ4v) is 4.89. The Morgan fingerprint density at radius 1 is 1.12 bits per heavy atom. The smallest absolute Gasteiger partial charge is 0.255 e. The van der Waals surface area contributed by atoms with Crippen LogP contribution in [0, 0.1) is 6.92 Å². The summed E-state index contributed by atoms with van der Waals surface area (Å²) in [5.74, 6) is -0.602. The molecule has 0 bridgehead atoms. The van der Waals surface area contributed by atoms with Crippen molar-refractivity contribution in [1.82, 2.24) is 19.6 Å². The van der Waals surface area contributed by atoms with Gasteiger partial charge in [-0.1, -0.05) is 24.3 Å². The molecule has 0 spiro atoms. The Labute approximate surface area is 187 Å². The summed E-state index contributed by atoms with van der Waals surface area (Å²) in [6, 6.07) is 16.0. The second-order valence-corrected chi connectivity index (χ2v) is 8.72. The van der Waals surface area contributed by atoms with Gasteiger partial charge in [0.25, 0.3) is 5.91 Å². The van der Waals surface area contributed by atoms with E-state index in [1.807, 2.05) is 34.8 Å². The number of hydrogen-bond acceptors (Lipinski definition) is 4. The first-order valence-electron chi connectivity index (χ1n) is 11.1. The lowest BCUT2D eigenvalue weighted by atomic mass is 10.0. The maximum Gasteiger partial charge on any atom is 0.255 e. The highest BCUT2D eigenvalue weighted by molar-refractivity contribution is 6.09. The fourth-order valence-electron chi connectivity index (χ4n) is 4.89. The normalized spacial score (nSPS) is 17.0. The number of fused-ring (bicyclic) bond motifs is 1. The highest BCUT2D eigenvalue weighted by Gasteiger charge is 2.36. The van der Waals surface area contributed by atoms with Gasteiger partial charge in [0.05, 0.1) is 22.5 Å². The van der Waals surface area contributed by atoms with Crippen molar-refractivity contribution < 1.29 is 9.59 Å². The van der Waals surface area contributed by atoms with E-state index in [1.165, 1.54) is 5.56 Å². The van der Waals surface area contributed by atoms with Crippen LogP contribution >= 0.6 is 0 Å². The van der Waals surface area contributed by atoms with Gasteiger partial charge in [0, 0.05) is 38.4 Å². The number of aryl methyl sites for hydroxylation is 1. The molecule has 164 valence electrons. The molecule has 2 aliphatic rings. The Morgan fingerprint density at radius 3 is 2.62 bits per heavy atom. The number of carbonyl (C=O) groups is 2. The molecule has 3 aromatic rings. The Balaban J connectivity index is 1.22. The Bertz CT molecular complexity index is 1180. The van der Waals surface area contributed by atoms with Gasteiger partial charge in [-0.05, 0) is 55.2 Å². The van der Waals surface area contributed by atoms with Crippen molar-refractivity contribution in [2.45, 2.75) is 38.9 Å². The predicted molar refractivity (Wildman–Crippen MR) is 121 cm³/mol. The number of nitrogens with zero attached hydrogens (tertiary/aromatic N) is 4. The molecule has 0 saturated carbocycles. The van der Waals surface area contributed by atoms with Crippen LogP contribution in [0.25, 0.3) is 5.69 Å². The van der Waals surface area contributed by atoms with E-state index in [2.05, 4.69) is 34.3 Å². The Kier molecular flexibility index (Phi) is 5.27. The lowest BCUT2D eigenvalue weighted by molar-refractivity contribution is 0.0588. The van der Waals surface area contributed by atoms with Gasteiger partial charge in [-0.25, -0.2) is 4.68 Å². The van der Waals surface area contributed by atoms with E-state index in [4.69, 9.17) is 5.73 Å². The van der Waals surface area contributed by atoms with E-state index < -0.39 is 5.91 Å². The van der Waals surface area contributed by atoms with E-state index >= 15 is 0 Å². The van der Waals surface area contributed by atoms with Gasteiger partial charge < -0.3 is 10.6 Å². The van der Waals surface area contributed by atoms with Gasteiger partial charge in [-0.2, -0.15) is 5.10 Å². The lowest BCUT2D eigenvalue weighted by Crippen LogP contribution is -2.44. The second kappa shape index (κ2) is 8.24. The zero-order valence-corrected chi connectivity index (χ0v) is 18.2. The zero-order valence-electron chi connectivity index (χ0n) is 18.2. The standard InChI is InChI=1S/C25H27N5O2/c1-17-8-13-30(27-17)21-6-2-4-18(14-21)15-28-11-9-20(10-12-28)29-16-19-5-3-7-22(24(26)31)23(19)25(29)32/h2-8,13-14,20H,9-12,15-16H2,1H3,(H2,26,31). The number of carbonyl (C=O) groups excluding carboxylic acids is 2. The molecule has 2 aromatic carbocycles. The molecule has 0 unspecified atom stereocenters. The predicted octanol–water partition coefficient (Wildman–Crippen LogP) is 2.90. The minimum Gasteiger partial charge on any atom is -0.366 e. The molecule has 7 nitrogen and oxygen atoms in total. The third-order valence-electron chi connectivity index (χ3n) is 6.53. The van der Waals surface area contributed by atoms with Crippen LogP contribution in [0.1, 0.15) is 50.4 Å². The monoisotopic (exact) mass is 429 g/mol. The molecular formula is C25H27N5O2. The van der Waals surface area contributed by atoms with Gasteiger partial charge in [0.1, 0.15) is 0 Å². The molecule has 1 aromatic heterocycles. The second-order valence-electron chi connectivity index (χ2n) is 8.72. The molecule has 0 aliphatic carbocycles. The van der Waals surface area contributed by atoms with Gasteiger partial charge in [0.2, 0.25) is 5.91 Å². The van der Waals surface area contributed by atoms with E-state index in [-0.39, 0.29) is 11.9 Å². The van der Waals surface area contributed by atoms with Crippen molar-refractivity contribution in [2.75, 3.05) is 13.1 Å². The summed E-state index contributed by atoms with van der Waals surface area (Å²) in [7, 11) is 0. The highest BCUT2D eigenvalue weighted by Crippen LogP contribution is 2.31. The van der Waals surface area contributed by atoms with Crippen molar-refractivity contribution in [3.8, 4) is 5.69 Å². The molecule has 2 aliphatic heterocycles. The molecule has 2 N–H and O–H groups in total. The first-order valence-corrected chi connectivity index (χ1v) is 11.1. The number of amides is 2. The third kappa shape index (κ3) is 3.80. The largest absolute Gasteiger partial charge is 0.366 e. The number of piperidine rings is 1. The van der Waals surface area contributed by atoms with Gasteiger partial charge >= 0.3 is 0 Å². The maximum atomic E-state index is 13.1. The number of primary amides is 1. The van der Waals surface area contributed by atoms with Crippen molar-refractivity contribution in [2.24, 2.45) is 5.73 Å². The van der Waals surface area contributed by atoms with Crippen molar-refractivity contribution in [3.05, 3.63) is 82.7 Å². The minimum absolute atomic E-state index is 0.0601. The van der Waals surface area contributed by atoms with E-state index in [0.29, 0.717) is 17.7 Å². The van der Waals surface area contributed by atoms with Crippen molar-refractivity contribution in [3.63, 3.8) is 0 Å². The quantitative estimate of drug-likeness (QED) is 0.676. The maximum absolute atomic E-state index is 13.1. The molecular weight excluding hydrogens is 402 g/mol. The molecule has 2 amide bonds. The molecule has 1 fully saturated rings. The number of hydrogen-bond donors (Lipinski definition) is 1. The molecule has 0 radical (unpaired) electrons. The van der Waals surface area contributed by atoms with Gasteiger partial charge in [-0.3, -0.25) is 14.5 Å². The van der Waals surface area contributed by atoms with Crippen LogP contribution in [-0.2, 0) is 13.1 Å². The van der Waals surface area contributed by atoms with E-state index in [9.17, 15) is 9.59 Å². The first kappa shape index (κ1) is 20.5. The summed E-state index contributed by atoms with van der Waals surface area (Å²) in [6.07, 6.45) is 3.82. The molecule has 32 heavy (non-hydrogen) atoms. The van der Waals surface area contributed by atoms with E-state index in [1.54, 1.807) is 12.1 Å². The average Bonchev–Trinajstić information content (AvgIpc) is 3.38. The molecule has 0 atom stereocenters. The van der Waals surface area contributed by atoms with E-state index in [0.717, 1.165) is 49.4 Å². The van der Waals surface area contributed by atoms with Crippen LogP contribution in [-0.4, -0.2) is 50.5 Å². The average molecular weight is 430 g/mol. The zero-order chi connectivity index (χ0) is 22.2. The van der Waals surface area contributed by atoms with Crippen molar-refractivity contribution in [1.29, 1.82) is 0 Å². The summed E-state index contributed by atoms with van der Waals surface area (Å²) >= 11 is 0. The highest BCUT2D eigenvalue weighted by atomic mass is 16.2. The lowest BCUT2D eigenvalue weighted by Gasteiger charge is -2.36. The Morgan fingerprint density at radius 2 is 1.91 bits per heavy atom. The van der Waals surface area contributed by atoms with Crippen LogP contribution in [0.5, 0.6) is 0 Å². The SMILES string of the molecule is Cc1ccn(-c2cccc(CN3CCC(N4Cc5cccc(C(N)=O)c5C4=O)CC3)c2)n1. The van der Waals surface area contributed by atoms with Crippen LogP contribution in [0.3, 0.4) is 0 Å². The third-order valence-corrected chi connectivity index (χ3v) is 6.53. The van der Waals surface area contributed by atoms with Crippen LogP contribution in [0.2, 0.25) is 0 Å². The number of aromatic nitrogens is 2. The van der Waals surface area contributed by atoms with Gasteiger partial charge in [-0.15, -0.1) is 0 Å².